The average Bonchev–Trinajstić information content (AvgIpc) is 2.93. The van der Waals surface area contributed by atoms with Crippen molar-refractivity contribution >= 4 is 11.8 Å². The van der Waals surface area contributed by atoms with Gasteiger partial charge in [0.25, 0.3) is 0 Å². The minimum atomic E-state index is 0.508. The van der Waals surface area contributed by atoms with E-state index < -0.39 is 0 Å². The van der Waals surface area contributed by atoms with Crippen LogP contribution in [0.2, 0.25) is 0 Å². The molecule has 2 aliphatic rings. The molecule has 4 heteroatoms. The Morgan fingerprint density at radius 3 is 3.06 bits per heavy atom. The van der Waals surface area contributed by atoms with Crippen molar-refractivity contribution in [2.75, 3.05) is 18.1 Å². The summed E-state index contributed by atoms with van der Waals surface area (Å²) in [7, 11) is 0. The molecule has 1 aromatic heterocycles. The molecule has 0 amide bonds. The Kier molecular flexibility index (Phi) is 3.43. The van der Waals surface area contributed by atoms with Crippen molar-refractivity contribution in [2.24, 2.45) is 5.41 Å². The van der Waals surface area contributed by atoms with Gasteiger partial charge >= 0.3 is 0 Å². The van der Waals surface area contributed by atoms with Crippen LogP contribution in [0.1, 0.15) is 25.7 Å². The molecule has 1 unspecified atom stereocenters. The van der Waals surface area contributed by atoms with Crippen molar-refractivity contribution in [3.63, 3.8) is 0 Å². The van der Waals surface area contributed by atoms with Crippen LogP contribution in [0.4, 0.5) is 0 Å². The molecule has 1 atom stereocenters. The van der Waals surface area contributed by atoms with Crippen LogP contribution in [0.25, 0.3) is 0 Å². The fourth-order valence-electron chi connectivity index (χ4n) is 2.57. The van der Waals surface area contributed by atoms with Crippen molar-refractivity contribution in [3.05, 3.63) is 18.5 Å². The van der Waals surface area contributed by atoms with Crippen LogP contribution in [0.3, 0.4) is 0 Å². The quantitative estimate of drug-likeness (QED) is 0.869. The Morgan fingerprint density at radius 1 is 1.47 bits per heavy atom. The average molecular weight is 251 g/mol. The number of nitrogens with zero attached hydrogens (tertiary/aromatic N) is 2. The molecule has 0 spiro atoms. The van der Waals surface area contributed by atoms with Gasteiger partial charge in [0.15, 0.2) is 0 Å². The van der Waals surface area contributed by atoms with Crippen LogP contribution < -0.4 is 5.32 Å². The third-order valence-electron chi connectivity index (χ3n) is 3.94. The van der Waals surface area contributed by atoms with Crippen LogP contribution >= 0.6 is 11.8 Å². The molecular weight excluding hydrogens is 230 g/mol. The maximum absolute atomic E-state index is 4.32. The zero-order valence-electron chi connectivity index (χ0n) is 10.3. The van der Waals surface area contributed by atoms with Gasteiger partial charge in [-0.1, -0.05) is 0 Å². The summed E-state index contributed by atoms with van der Waals surface area (Å²) >= 11 is 2.10. The predicted molar refractivity (Wildman–Crippen MR) is 72.2 cm³/mol. The van der Waals surface area contributed by atoms with Crippen LogP contribution in [0.5, 0.6) is 0 Å². The Labute approximate surface area is 107 Å². The molecule has 3 rings (SSSR count). The Bertz CT molecular complexity index is 340. The molecule has 17 heavy (non-hydrogen) atoms. The number of hydrogen-bond donors (Lipinski definition) is 1. The molecule has 2 heterocycles. The van der Waals surface area contributed by atoms with Gasteiger partial charge in [-0.05, 0) is 37.5 Å². The minimum Gasteiger partial charge on any atom is -0.313 e. The second kappa shape index (κ2) is 5.02. The number of thioether (sulfide) groups is 1. The summed E-state index contributed by atoms with van der Waals surface area (Å²) in [6.07, 6.45) is 9.43. The van der Waals surface area contributed by atoms with Gasteiger partial charge in [0.1, 0.15) is 0 Å². The second-order valence-corrected chi connectivity index (χ2v) is 6.65. The molecule has 3 nitrogen and oxygen atoms in total. The fraction of sp³-hybridized carbons (Fsp3) is 0.769. The summed E-state index contributed by atoms with van der Waals surface area (Å²) in [5, 5.41) is 8.10. The van der Waals surface area contributed by atoms with Gasteiger partial charge in [-0.25, -0.2) is 0 Å². The van der Waals surface area contributed by atoms with Crippen molar-refractivity contribution < 1.29 is 0 Å². The van der Waals surface area contributed by atoms with E-state index in [9.17, 15) is 0 Å². The molecule has 1 aliphatic carbocycles. The molecule has 94 valence electrons. The van der Waals surface area contributed by atoms with Gasteiger partial charge in [-0.2, -0.15) is 16.9 Å². The Morgan fingerprint density at radius 2 is 2.41 bits per heavy atom. The summed E-state index contributed by atoms with van der Waals surface area (Å²) < 4.78 is 2.09. The Hall–Kier alpha value is -0.480. The predicted octanol–water partition coefficient (Wildman–Crippen LogP) is 2.15. The standard InChI is InChI=1S/C13H21N3S/c1-3-12(9-17-8-1)14-10-13(4-5-13)11-16-7-2-6-15-16/h2,6-7,12,14H,1,3-5,8-11H2. The zero-order valence-corrected chi connectivity index (χ0v) is 11.1. The lowest BCUT2D eigenvalue weighted by Gasteiger charge is -2.25. The van der Waals surface area contributed by atoms with Gasteiger partial charge in [0.05, 0.1) is 0 Å². The van der Waals surface area contributed by atoms with E-state index >= 15 is 0 Å². The zero-order chi connectivity index (χ0) is 11.6. The minimum absolute atomic E-state index is 0.508. The first-order valence-corrected chi connectivity index (χ1v) is 7.80. The number of rotatable bonds is 5. The SMILES string of the molecule is c1cnn(CC2(CNC3CCCSC3)CC2)c1. The molecular formula is C13H21N3S. The van der Waals surface area contributed by atoms with Crippen LogP contribution in [0.15, 0.2) is 18.5 Å². The normalized spacial score (nSPS) is 26.9. The van der Waals surface area contributed by atoms with Crippen molar-refractivity contribution in [1.29, 1.82) is 0 Å². The summed E-state index contributed by atoms with van der Waals surface area (Å²) in [5.74, 6) is 2.66. The Balaban J connectivity index is 1.47. The molecule has 1 saturated carbocycles. The number of nitrogens with one attached hydrogen (secondary N) is 1. The summed E-state index contributed by atoms with van der Waals surface area (Å²) in [6.45, 7) is 2.27. The van der Waals surface area contributed by atoms with E-state index in [2.05, 4.69) is 33.1 Å². The molecule has 1 aliphatic heterocycles. The summed E-state index contributed by atoms with van der Waals surface area (Å²) in [5.41, 5.74) is 0.508. The fourth-order valence-corrected chi connectivity index (χ4v) is 3.67. The highest BCUT2D eigenvalue weighted by Crippen LogP contribution is 2.46. The van der Waals surface area contributed by atoms with Crippen molar-refractivity contribution in [2.45, 2.75) is 38.3 Å². The van der Waals surface area contributed by atoms with E-state index in [-0.39, 0.29) is 0 Å². The van der Waals surface area contributed by atoms with E-state index in [0.717, 1.165) is 12.6 Å². The highest BCUT2D eigenvalue weighted by atomic mass is 32.2. The third-order valence-corrected chi connectivity index (χ3v) is 5.16. The first-order valence-electron chi connectivity index (χ1n) is 6.65. The highest BCUT2D eigenvalue weighted by Gasteiger charge is 2.43. The van der Waals surface area contributed by atoms with Crippen LogP contribution in [-0.4, -0.2) is 33.9 Å². The second-order valence-electron chi connectivity index (χ2n) is 5.50. The number of hydrogen-bond acceptors (Lipinski definition) is 3. The molecule has 1 saturated heterocycles. The van der Waals surface area contributed by atoms with E-state index in [1.165, 1.54) is 43.7 Å². The monoisotopic (exact) mass is 251 g/mol. The van der Waals surface area contributed by atoms with Gasteiger partial charge in [-0.15, -0.1) is 0 Å². The molecule has 0 aromatic carbocycles. The highest BCUT2D eigenvalue weighted by molar-refractivity contribution is 7.99. The first kappa shape index (κ1) is 11.6. The molecule has 0 radical (unpaired) electrons. The van der Waals surface area contributed by atoms with Crippen molar-refractivity contribution in [3.8, 4) is 0 Å². The molecule has 0 bridgehead atoms. The molecule has 1 N–H and O–H groups in total. The summed E-state index contributed by atoms with van der Waals surface area (Å²) in [4.78, 5) is 0. The number of aromatic nitrogens is 2. The van der Waals surface area contributed by atoms with E-state index in [4.69, 9.17) is 0 Å². The maximum atomic E-state index is 4.32. The van der Waals surface area contributed by atoms with Crippen LogP contribution in [0, 0.1) is 5.41 Å². The first-order chi connectivity index (χ1) is 8.36. The van der Waals surface area contributed by atoms with Gasteiger partial charge in [0.2, 0.25) is 0 Å². The van der Waals surface area contributed by atoms with E-state index in [1.54, 1.807) is 0 Å². The van der Waals surface area contributed by atoms with E-state index in [1.807, 2.05) is 12.3 Å². The van der Waals surface area contributed by atoms with Gasteiger partial charge < -0.3 is 5.32 Å². The van der Waals surface area contributed by atoms with E-state index in [0.29, 0.717) is 5.41 Å². The van der Waals surface area contributed by atoms with Crippen molar-refractivity contribution in [1.82, 2.24) is 15.1 Å². The third kappa shape index (κ3) is 3.05. The lowest BCUT2D eigenvalue weighted by atomic mass is 10.1. The van der Waals surface area contributed by atoms with Gasteiger partial charge in [0, 0.05) is 42.7 Å². The lowest BCUT2D eigenvalue weighted by molar-refractivity contribution is 0.350. The topological polar surface area (TPSA) is 29.9 Å². The lowest BCUT2D eigenvalue weighted by Crippen LogP contribution is -2.38. The summed E-state index contributed by atoms with van der Waals surface area (Å²) in [6, 6.07) is 2.77. The van der Waals surface area contributed by atoms with Crippen LogP contribution in [-0.2, 0) is 6.54 Å². The molecule has 2 fully saturated rings. The largest absolute Gasteiger partial charge is 0.313 e. The maximum Gasteiger partial charge on any atom is 0.0489 e. The molecule has 1 aromatic rings. The smallest absolute Gasteiger partial charge is 0.0489 e. The van der Waals surface area contributed by atoms with Gasteiger partial charge in [-0.3, -0.25) is 4.68 Å².